The first-order valence-electron chi connectivity index (χ1n) is 7.32. The molecule has 3 rings (SSSR count). The van der Waals surface area contributed by atoms with Crippen molar-refractivity contribution < 1.29 is 0 Å². The van der Waals surface area contributed by atoms with Crippen LogP contribution in [0.25, 0.3) is 10.2 Å². The molecule has 3 heteroatoms. The zero-order valence-corrected chi connectivity index (χ0v) is 12.6. The fraction of sp³-hybridized carbons (Fsp3) is 0.562. The average Bonchev–Trinajstić information content (AvgIpc) is 2.83. The van der Waals surface area contributed by atoms with Crippen molar-refractivity contribution >= 4 is 21.6 Å². The maximum Gasteiger partial charge on any atom is 0.0963 e. The summed E-state index contributed by atoms with van der Waals surface area (Å²) in [5, 5.41) is 4.76. The lowest BCUT2D eigenvalue weighted by Crippen LogP contribution is -2.30. The third-order valence-corrected chi connectivity index (χ3v) is 5.21. The molecule has 0 aliphatic carbocycles. The summed E-state index contributed by atoms with van der Waals surface area (Å²) in [7, 11) is 0. The summed E-state index contributed by atoms with van der Waals surface area (Å²) in [5.74, 6) is 1.34. The fourth-order valence-corrected chi connectivity index (χ4v) is 3.83. The summed E-state index contributed by atoms with van der Waals surface area (Å²) in [6, 6.07) is 6.82. The first-order chi connectivity index (χ1) is 9.22. The lowest BCUT2D eigenvalue weighted by atomic mass is 9.92. The second-order valence-electron chi connectivity index (χ2n) is 5.93. The van der Waals surface area contributed by atoms with Crippen LogP contribution in [0.2, 0.25) is 0 Å². The Morgan fingerprint density at radius 2 is 2.32 bits per heavy atom. The molecule has 1 aliphatic rings. The van der Waals surface area contributed by atoms with Crippen LogP contribution in [0.5, 0.6) is 0 Å². The van der Waals surface area contributed by atoms with E-state index in [-0.39, 0.29) is 0 Å². The van der Waals surface area contributed by atoms with E-state index in [1.807, 2.05) is 11.3 Å². The van der Waals surface area contributed by atoms with Crippen LogP contribution in [0.3, 0.4) is 0 Å². The smallest absolute Gasteiger partial charge is 0.0963 e. The van der Waals surface area contributed by atoms with Gasteiger partial charge < -0.3 is 5.32 Å². The van der Waals surface area contributed by atoms with Crippen LogP contribution >= 0.6 is 11.3 Å². The van der Waals surface area contributed by atoms with E-state index >= 15 is 0 Å². The Bertz CT molecular complexity index is 553. The quantitative estimate of drug-likeness (QED) is 0.916. The molecule has 1 saturated heterocycles. The molecule has 1 N–H and O–H groups in total. The Balaban J connectivity index is 1.80. The van der Waals surface area contributed by atoms with E-state index in [0.29, 0.717) is 5.92 Å². The van der Waals surface area contributed by atoms with Gasteiger partial charge in [-0.1, -0.05) is 19.9 Å². The molecule has 0 amide bonds. The monoisotopic (exact) mass is 274 g/mol. The van der Waals surface area contributed by atoms with Crippen LogP contribution in [-0.2, 0) is 6.42 Å². The highest BCUT2D eigenvalue weighted by atomic mass is 32.1. The summed E-state index contributed by atoms with van der Waals surface area (Å²) in [6.07, 6.45) is 3.90. The van der Waals surface area contributed by atoms with Gasteiger partial charge in [0.1, 0.15) is 0 Å². The molecule has 1 aromatic carbocycles. The molecule has 1 aliphatic heterocycles. The zero-order chi connectivity index (χ0) is 13.2. The minimum atomic E-state index is 0.531. The van der Waals surface area contributed by atoms with Crippen molar-refractivity contribution in [2.45, 2.75) is 39.0 Å². The maximum atomic E-state index is 4.71. The van der Waals surface area contributed by atoms with Crippen molar-refractivity contribution in [3.8, 4) is 0 Å². The molecule has 1 aromatic heterocycles. The highest BCUT2D eigenvalue weighted by Crippen LogP contribution is 2.29. The lowest BCUT2D eigenvalue weighted by Gasteiger charge is -2.22. The number of hydrogen-bond acceptors (Lipinski definition) is 3. The van der Waals surface area contributed by atoms with Crippen LogP contribution in [0, 0.1) is 5.92 Å². The molecule has 1 unspecified atom stereocenters. The lowest BCUT2D eigenvalue weighted by molar-refractivity contribution is 0.376. The molecule has 1 fully saturated rings. The maximum absolute atomic E-state index is 4.71. The zero-order valence-electron chi connectivity index (χ0n) is 11.8. The first kappa shape index (κ1) is 13.1. The van der Waals surface area contributed by atoms with E-state index in [9.17, 15) is 0 Å². The summed E-state index contributed by atoms with van der Waals surface area (Å²) in [6.45, 7) is 6.80. The summed E-state index contributed by atoms with van der Waals surface area (Å²) >= 11 is 1.85. The fourth-order valence-electron chi connectivity index (χ4n) is 2.79. The molecule has 0 spiro atoms. The third kappa shape index (κ3) is 2.98. The minimum absolute atomic E-state index is 0.531. The predicted octanol–water partition coefficient (Wildman–Crippen LogP) is 3.96. The molecule has 2 nitrogen and oxygen atoms in total. The van der Waals surface area contributed by atoms with E-state index in [1.54, 1.807) is 0 Å². The van der Waals surface area contributed by atoms with Crippen molar-refractivity contribution in [2.75, 3.05) is 13.1 Å². The normalized spacial score (nSPS) is 20.3. The molecule has 2 aromatic rings. The number of hydrogen-bond donors (Lipinski definition) is 1. The number of rotatable bonds is 3. The van der Waals surface area contributed by atoms with Crippen LogP contribution in [0.4, 0.5) is 0 Å². The Morgan fingerprint density at radius 3 is 3.05 bits per heavy atom. The van der Waals surface area contributed by atoms with Crippen molar-refractivity contribution in [1.29, 1.82) is 0 Å². The Morgan fingerprint density at radius 1 is 1.42 bits per heavy atom. The van der Waals surface area contributed by atoms with Crippen molar-refractivity contribution in [1.82, 2.24) is 10.3 Å². The summed E-state index contributed by atoms with van der Waals surface area (Å²) < 4.78 is 1.35. The van der Waals surface area contributed by atoms with E-state index in [4.69, 9.17) is 4.98 Å². The molecule has 19 heavy (non-hydrogen) atoms. The Kier molecular flexibility index (Phi) is 3.85. The van der Waals surface area contributed by atoms with Crippen LogP contribution in [-0.4, -0.2) is 18.1 Å². The largest absolute Gasteiger partial charge is 0.316 e. The highest BCUT2D eigenvalue weighted by Gasteiger charge is 2.14. The van der Waals surface area contributed by atoms with Gasteiger partial charge in [0.25, 0.3) is 0 Å². The molecule has 102 valence electrons. The number of nitrogens with one attached hydrogen (secondary N) is 1. The van der Waals surface area contributed by atoms with Crippen LogP contribution in [0.15, 0.2) is 18.2 Å². The van der Waals surface area contributed by atoms with Gasteiger partial charge in [0, 0.05) is 5.92 Å². The summed E-state index contributed by atoms with van der Waals surface area (Å²) in [4.78, 5) is 4.71. The summed E-state index contributed by atoms with van der Waals surface area (Å²) in [5.41, 5.74) is 2.64. The number of thiazole rings is 1. The number of piperidine rings is 1. The Hall–Kier alpha value is -0.930. The molecule has 0 saturated carbocycles. The minimum Gasteiger partial charge on any atom is -0.316 e. The van der Waals surface area contributed by atoms with Crippen LogP contribution in [0.1, 0.15) is 43.2 Å². The second-order valence-corrected chi connectivity index (χ2v) is 6.99. The standard InChI is InChI=1S/C16H22N2S/c1-11(2)16-18-14-6-5-12(9-15(14)19-16)8-13-4-3-7-17-10-13/h5-6,9,11,13,17H,3-4,7-8,10H2,1-2H3. The molecule has 2 heterocycles. The average molecular weight is 274 g/mol. The molecular weight excluding hydrogens is 252 g/mol. The van der Waals surface area contributed by atoms with Gasteiger partial charge in [-0.25, -0.2) is 4.98 Å². The highest BCUT2D eigenvalue weighted by molar-refractivity contribution is 7.18. The van der Waals surface area contributed by atoms with Gasteiger partial charge in [-0.3, -0.25) is 0 Å². The predicted molar refractivity (Wildman–Crippen MR) is 83.0 cm³/mol. The molecule has 0 bridgehead atoms. The van der Waals surface area contributed by atoms with Gasteiger partial charge >= 0.3 is 0 Å². The van der Waals surface area contributed by atoms with Gasteiger partial charge in [-0.15, -0.1) is 11.3 Å². The van der Waals surface area contributed by atoms with Crippen molar-refractivity contribution in [2.24, 2.45) is 5.92 Å². The van der Waals surface area contributed by atoms with Gasteiger partial charge in [-0.2, -0.15) is 0 Å². The van der Waals surface area contributed by atoms with Crippen LogP contribution < -0.4 is 5.32 Å². The van der Waals surface area contributed by atoms with Crippen molar-refractivity contribution in [3.63, 3.8) is 0 Å². The van der Waals surface area contributed by atoms with Gasteiger partial charge in [0.2, 0.25) is 0 Å². The number of nitrogens with zero attached hydrogens (tertiary/aromatic N) is 1. The van der Waals surface area contributed by atoms with Gasteiger partial charge in [0.15, 0.2) is 0 Å². The molecule has 1 atom stereocenters. The Labute approximate surface area is 119 Å². The van der Waals surface area contributed by atoms with Gasteiger partial charge in [-0.05, 0) is 56.0 Å². The molecular formula is C16H22N2S. The first-order valence-corrected chi connectivity index (χ1v) is 8.14. The topological polar surface area (TPSA) is 24.9 Å². The number of aromatic nitrogens is 1. The third-order valence-electron chi connectivity index (χ3n) is 3.89. The van der Waals surface area contributed by atoms with E-state index in [0.717, 1.165) is 5.92 Å². The van der Waals surface area contributed by atoms with E-state index in [2.05, 4.69) is 37.4 Å². The van der Waals surface area contributed by atoms with Gasteiger partial charge in [0.05, 0.1) is 15.2 Å². The van der Waals surface area contributed by atoms with E-state index < -0.39 is 0 Å². The van der Waals surface area contributed by atoms with Crippen molar-refractivity contribution in [3.05, 3.63) is 28.8 Å². The second kappa shape index (κ2) is 5.59. The molecule has 0 radical (unpaired) electrons. The SMILES string of the molecule is CC(C)c1nc2ccc(CC3CCCNC3)cc2s1. The number of fused-ring (bicyclic) bond motifs is 1. The van der Waals surface area contributed by atoms with E-state index in [1.165, 1.54) is 53.1 Å². The number of benzene rings is 1.